The van der Waals surface area contributed by atoms with E-state index in [0.29, 0.717) is 36.6 Å². The third-order valence-corrected chi connectivity index (χ3v) is 7.21. The van der Waals surface area contributed by atoms with Gasteiger partial charge in [0, 0.05) is 36.1 Å². The molecule has 1 amide bonds. The molecule has 6 nitrogen and oxygen atoms in total. The summed E-state index contributed by atoms with van der Waals surface area (Å²) in [5.41, 5.74) is 4.06. The second-order valence-corrected chi connectivity index (χ2v) is 9.91. The number of likely N-dealkylation sites (tertiary alicyclic amines) is 1. The first-order valence-electron chi connectivity index (χ1n) is 12.4. The summed E-state index contributed by atoms with van der Waals surface area (Å²) >= 11 is 6.04. The van der Waals surface area contributed by atoms with Crippen LogP contribution in [0, 0.1) is 11.6 Å². The molecule has 1 aromatic heterocycles. The third kappa shape index (κ3) is 5.78. The highest BCUT2D eigenvalue weighted by Gasteiger charge is 2.45. The van der Waals surface area contributed by atoms with Gasteiger partial charge >= 0.3 is 0 Å². The van der Waals surface area contributed by atoms with Gasteiger partial charge in [-0.1, -0.05) is 48.0 Å². The van der Waals surface area contributed by atoms with E-state index in [2.05, 4.69) is 15.5 Å². The summed E-state index contributed by atoms with van der Waals surface area (Å²) in [5, 5.41) is 22.1. The Morgan fingerprint density at radius 2 is 1.84 bits per heavy atom. The van der Waals surface area contributed by atoms with Crippen LogP contribution in [0.4, 0.5) is 8.78 Å². The van der Waals surface area contributed by atoms with Crippen molar-refractivity contribution in [1.82, 2.24) is 20.4 Å². The fraction of sp³-hybridized carbons (Fsp3) is 0.241. The molecule has 3 atom stereocenters. The normalized spacial score (nSPS) is 19.5. The summed E-state index contributed by atoms with van der Waals surface area (Å²) in [6.07, 6.45) is 1.17. The number of aliphatic hydroxyl groups is 1. The van der Waals surface area contributed by atoms with Crippen LogP contribution in [0.25, 0.3) is 11.3 Å². The number of rotatable bonds is 8. The molecule has 4 aromatic rings. The Bertz CT molecular complexity index is 1390. The molecule has 0 unspecified atom stereocenters. The van der Waals surface area contributed by atoms with Gasteiger partial charge in [-0.25, -0.2) is 8.78 Å². The summed E-state index contributed by atoms with van der Waals surface area (Å²) in [6, 6.07) is 18.7. The number of nitrogens with zero attached hydrogens (tertiary/aromatic N) is 2. The molecule has 0 aliphatic carbocycles. The highest BCUT2D eigenvalue weighted by atomic mass is 35.5. The Kier molecular flexibility index (Phi) is 7.83. The lowest BCUT2D eigenvalue weighted by atomic mass is 9.93. The van der Waals surface area contributed by atoms with Crippen molar-refractivity contribution in [3.63, 3.8) is 0 Å². The molecule has 9 heteroatoms. The average molecular weight is 537 g/mol. The quantitative estimate of drug-likeness (QED) is 0.305. The summed E-state index contributed by atoms with van der Waals surface area (Å²) in [7, 11) is 0. The Labute approximate surface area is 224 Å². The number of amides is 1. The van der Waals surface area contributed by atoms with Crippen LogP contribution < -0.4 is 5.32 Å². The number of carbonyl (C=O) groups is 1. The van der Waals surface area contributed by atoms with Crippen molar-refractivity contribution in [1.29, 1.82) is 0 Å². The zero-order valence-corrected chi connectivity index (χ0v) is 21.2. The molecule has 0 spiro atoms. The number of aromatic nitrogens is 2. The summed E-state index contributed by atoms with van der Waals surface area (Å²) in [6.45, 7) is 1.02. The van der Waals surface area contributed by atoms with E-state index in [0.717, 1.165) is 22.4 Å². The maximum atomic E-state index is 14.0. The lowest BCUT2D eigenvalue weighted by molar-refractivity contribution is -0.128. The molecule has 0 bridgehead atoms. The van der Waals surface area contributed by atoms with Crippen LogP contribution in [-0.4, -0.2) is 51.3 Å². The number of carbonyl (C=O) groups excluding carboxylic acids is 1. The second kappa shape index (κ2) is 11.4. The molecule has 2 heterocycles. The van der Waals surface area contributed by atoms with Crippen molar-refractivity contribution >= 4 is 17.5 Å². The first-order valence-corrected chi connectivity index (χ1v) is 12.7. The standard InChI is InChI=1S/C29H27ClF2N4O2/c30-22-8-6-19(7-9-22)26-21(15-34-35-26)16-36-17-25(20-2-1-3-24(32)14-20)28(37)27(36)29(38)33-13-12-18-4-10-23(31)11-5-18/h1-11,14-15,25,27-28,37H,12-13,16-17H2,(H,33,38)(H,34,35)/t25-,27+,28-/m1/s1. The van der Waals surface area contributed by atoms with E-state index in [-0.39, 0.29) is 11.7 Å². The molecule has 0 radical (unpaired) electrons. The molecule has 1 saturated heterocycles. The largest absolute Gasteiger partial charge is 0.390 e. The summed E-state index contributed by atoms with van der Waals surface area (Å²) < 4.78 is 27.2. The first kappa shape index (κ1) is 26.0. The predicted molar refractivity (Wildman–Crippen MR) is 141 cm³/mol. The molecule has 0 saturated carbocycles. The fourth-order valence-electron chi connectivity index (χ4n) is 5.04. The fourth-order valence-corrected chi connectivity index (χ4v) is 5.16. The molecule has 1 fully saturated rings. The van der Waals surface area contributed by atoms with Crippen molar-refractivity contribution in [2.75, 3.05) is 13.1 Å². The van der Waals surface area contributed by atoms with Gasteiger partial charge in [0.1, 0.15) is 17.7 Å². The minimum Gasteiger partial charge on any atom is -0.390 e. The van der Waals surface area contributed by atoms with Crippen molar-refractivity contribution < 1.29 is 18.7 Å². The Hall–Kier alpha value is -3.59. The maximum absolute atomic E-state index is 14.0. The maximum Gasteiger partial charge on any atom is 0.240 e. The highest BCUT2D eigenvalue weighted by Crippen LogP contribution is 2.35. The SMILES string of the molecule is O=C(NCCc1ccc(F)cc1)[C@@H]1[C@H](O)[C@@H](c2cccc(F)c2)CN1Cc1cn[nH]c1-c1ccc(Cl)cc1. The second-order valence-electron chi connectivity index (χ2n) is 9.47. The van der Waals surface area contributed by atoms with E-state index in [1.807, 2.05) is 17.0 Å². The van der Waals surface area contributed by atoms with Gasteiger partial charge in [-0.05, 0) is 59.5 Å². The number of aliphatic hydroxyl groups excluding tert-OH is 1. The Morgan fingerprint density at radius 3 is 2.58 bits per heavy atom. The van der Waals surface area contributed by atoms with Crippen LogP contribution >= 0.6 is 11.6 Å². The number of halogens is 3. The van der Waals surface area contributed by atoms with Crippen molar-refractivity contribution in [3.05, 3.63) is 112 Å². The van der Waals surface area contributed by atoms with Gasteiger partial charge < -0.3 is 10.4 Å². The average Bonchev–Trinajstić information content (AvgIpc) is 3.50. The van der Waals surface area contributed by atoms with Gasteiger partial charge in [0.05, 0.1) is 18.0 Å². The van der Waals surface area contributed by atoms with Gasteiger partial charge in [-0.15, -0.1) is 0 Å². The van der Waals surface area contributed by atoms with Gasteiger partial charge in [0.25, 0.3) is 0 Å². The summed E-state index contributed by atoms with van der Waals surface area (Å²) in [4.78, 5) is 15.3. The number of hydrogen-bond acceptors (Lipinski definition) is 4. The smallest absolute Gasteiger partial charge is 0.240 e. The van der Waals surface area contributed by atoms with Crippen LogP contribution in [0.1, 0.15) is 22.6 Å². The zero-order chi connectivity index (χ0) is 26.6. The highest BCUT2D eigenvalue weighted by molar-refractivity contribution is 6.30. The predicted octanol–water partition coefficient (Wildman–Crippen LogP) is 4.70. The van der Waals surface area contributed by atoms with E-state index in [1.165, 1.54) is 24.3 Å². The molecule has 5 rings (SSSR count). The van der Waals surface area contributed by atoms with Gasteiger partial charge in [-0.3, -0.25) is 14.8 Å². The van der Waals surface area contributed by atoms with Crippen LogP contribution in [0.3, 0.4) is 0 Å². The van der Waals surface area contributed by atoms with Crippen LogP contribution in [0.2, 0.25) is 5.02 Å². The number of nitrogens with one attached hydrogen (secondary N) is 2. The minimum atomic E-state index is -1.05. The molecule has 1 aliphatic heterocycles. The molecule has 3 N–H and O–H groups in total. The lowest BCUT2D eigenvalue weighted by Gasteiger charge is -2.25. The summed E-state index contributed by atoms with van der Waals surface area (Å²) in [5.74, 6) is -1.49. The van der Waals surface area contributed by atoms with Gasteiger partial charge in [0.15, 0.2) is 0 Å². The van der Waals surface area contributed by atoms with Crippen LogP contribution in [0.5, 0.6) is 0 Å². The van der Waals surface area contributed by atoms with E-state index in [9.17, 15) is 18.7 Å². The van der Waals surface area contributed by atoms with Crippen molar-refractivity contribution in [2.24, 2.45) is 0 Å². The lowest BCUT2D eigenvalue weighted by Crippen LogP contribution is -2.48. The van der Waals surface area contributed by atoms with E-state index in [1.54, 1.807) is 42.6 Å². The topological polar surface area (TPSA) is 81.2 Å². The number of H-pyrrole nitrogens is 1. The number of benzene rings is 3. The molecule has 38 heavy (non-hydrogen) atoms. The van der Waals surface area contributed by atoms with E-state index >= 15 is 0 Å². The van der Waals surface area contributed by atoms with E-state index < -0.39 is 23.9 Å². The zero-order valence-electron chi connectivity index (χ0n) is 20.4. The molecule has 1 aliphatic rings. The number of aromatic amines is 1. The van der Waals surface area contributed by atoms with Crippen molar-refractivity contribution in [3.8, 4) is 11.3 Å². The van der Waals surface area contributed by atoms with Crippen LogP contribution in [0.15, 0.2) is 79.0 Å². The van der Waals surface area contributed by atoms with E-state index in [4.69, 9.17) is 11.6 Å². The van der Waals surface area contributed by atoms with Crippen molar-refractivity contribution in [2.45, 2.75) is 31.0 Å². The molecule has 196 valence electrons. The van der Waals surface area contributed by atoms with Gasteiger partial charge in [0.2, 0.25) is 5.91 Å². The molecular formula is C29H27ClF2N4O2. The van der Waals surface area contributed by atoms with Crippen LogP contribution in [-0.2, 0) is 17.8 Å². The Balaban J connectivity index is 1.36. The number of hydrogen-bond donors (Lipinski definition) is 3. The van der Waals surface area contributed by atoms with Gasteiger partial charge in [-0.2, -0.15) is 5.10 Å². The Morgan fingerprint density at radius 1 is 1.08 bits per heavy atom. The third-order valence-electron chi connectivity index (χ3n) is 6.96. The monoisotopic (exact) mass is 536 g/mol. The molecule has 3 aromatic carbocycles. The minimum absolute atomic E-state index is 0.317. The molecular weight excluding hydrogens is 510 g/mol. The first-order chi connectivity index (χ1) is 18.4.